The number of anilines is 1. The van der Waals surface area contributed by atoms with Crippen molar-refractivity contribution in [1.82, 2.24) is 10.2 Å². The topological polar surface area (TPSA) is 105 Å². The maximum absolute atomic E-state index is 14.3. The van der Waals surface area contributed by atoms with Crippen LogP contribution in [0.15, 0.2) is 109 Å². The summed E-state index contributed by atoms with van der Waals surface area (Å²) >= 11 is 0. The number of nitrogens with zero attached hydrogens (tertiary/aromatic N) is 2. The van der Waals surface area contributed by atoms with E-state index in [1.54, 1.807) is 43.5 Å². The third-order valence-corrected chi connectivity index (χ3v) is 8.45. The van der Waals surface area contributed by atoms with Crippen molar-refractivity contribution in [2.45, 2.75) is 51.9 Å². The molecule has 2 amide bonds. The minimum absolute atomic E-state index is 0.0506. The number of rotatable bonds is 14. The van der Waals surface area contributed by atoms with E-state index < -0.39 is 34.1 Å². The Hall–Kier alpha value is -4.83. The van der Waals surface area contributed by atoms with Gasteiger partial charge in [0, 0.05) is 18.5 Å². The van der Waals surface area contributed by atoms with E-state index in [0.29, 0.717) is 23.8 Å². The number of sulfonamides is 1. The highest BCUT2D eigenvalue weighted by Gasteiger charge is 2.34. The van der Waals surface area contributed by atoms with Crippen LogP contribution in [0.3, 0.4) is 0 Å². The number of methoxy groups -OCH3 is 1. The van der Waals surface area contributed by atoms with E-state index in [1.165, 1.54) is 4.90 Å². The Labute approximate surface area is 278 Å². The first-order valence-corrected chi connectivity index (χ1v) is 17.2. The van der Waals surface area contributed by atoms with Gasteiger partial charge >= 0.3 is 0 Å². The van der Waals surface area contributed by atoms with Crippen LogP contribution in [-0.4, -0.2) is 56.6 Å². The standard InChI is InChI=1S/C37H43N3O6S/c1-37(2,3)38-36(42)34(24-28-13-8-6-9-14-28)39(25-30-17-12-18-33(23-30)45-4)35(41)26-40(47(5,43)44)31-19-21-32(22-20-31)46-27-29-15-10-7-11-16-29/h6-23,34H,24-27H2,1-5H3,(H,38,42)/t34-/m0/s1. The first-order valence-electron chi connectivity index (χ1n) is 15.4. The molecule has 1 N–H and O–H groups in total. The number of nitrogens with one attached hydrogen (secondary N) is 1. The maximum Gasteiger partial charge on any atom is 0.244 e. The Morgan fingerprint density at radius 1 is 0.787 bits per heavy atom. The van der Waals surface area contributed by atoms with Crippen LogP contribution in [0.5, 0.6) is 11.5 Å². The van der Waals surface area contributed by atoms with E-state index in [1.807, 2.05) is 93.6 Å². The van der Waals surface area contributed by atoms with Crippen LogP contribution in [0.25, 0.3) is 0 Å². The second-order valence-corrected chi connectivity index (χ2v) is 14.3. The Balaban J connectivity index is 1.67. The largest absolute Gasteiger partial charge is 0.497 e. The highest BCUT2D eigenvalue weighted by molar-refractivity contribution is 7.92. The van der Waals surface area contributed by atoms with Crippen LogP contribution in [0.1, 0.15) is 37.5 Å². The summed E-state index contributed by atoms with van der Waals surface area (Å²) in [7, 11) is -2.35. The van der Waals surface area contributed by atoms with Crippen molar-refractivity contribution in [2.75, 3.05) is 24.2 Å². The fourth-order valence-corrected chi connectivity index (χ4v) is 5.89. The van der Waals surface area contributed by atoms with Gasteiger partial charge in [-0.3, -0.25) is 13.9 Å². The fraction of sp³-hybridized carbons (Fsp3) is 0.297. The van der Waals surface area contributed by atoms with E-state index in [-0.39, 0.29) is 18.9 Å². The molecule has 4 rings (SSSR count). The summed E-state index contributed by atoms with van der Waals surface area (Å²) < 4.78 is 38.6. The molecule has 0 heterocycles. The summed E-state index contributed by atoms with van der Waals surface area (Å²) in [6, 6.07) is 32.0. The van der Waals surface area contributed by atoms with Gasteiger partial charge in [-0.2, -0.15) is 0 Å². The van der Waals surface area contributed by atoms with Crippen molar-refractivity contribution in [3.8, 4) is 11.5 Å². The molecule has 0 bridgehead atoms. The predicted molar refractivity (Wildman–Crippen MR) is 185 cm³/mol. The molecule has 0 radical (unpaired) electrons. The van der Waals surface area contributed by atoms with Crippen molar-refractivity contribution >= 4 is 27.5 Å². The Morgan fingerprint density at radius 3 is 1.96 bits per heavy atom. The van der Waals surface area contributed by atoms with Gasteiger partial charge in [-0.05, 0) is 73.9 Å². The van der Waals surface area contributed by atoms with Crippen LogP contribution in [0.4, 0.5) is 5.69 Å². The zero-order valence-corrected chi connectivity index (χ0v) is 28.4. The zero-order chi connectivity index (χ0) is 34.0. The number of ether oxygens (including phenoxy) is 2. The van der Waals surface area contributed by atoms with Crippen LogP contribution < -0.4 is 19.1 Å². The molecule has 1 atom stereocenters. The van der Waals surface area contributed by atoms with Gasteiger partial charge in [0.25, 0.3) is 0 Å². The molecule has 0 saturated carbocycles. The molecule has 0 aliphatic carbocycles. The third-order valence-electron chi connectivity index (χ3n) is 7.31. The maximum atomic E-state index is 14.3. The summed E-state index contributed by atoms with van der Waals surface area (Å²) in [5.41, 5.74) is 2.31. The first kappa shape index (κ1) is 35.0. The minimum atomic E-state index is -3.91. The second kappa shape index (κ2) is 15.6. The second-order valence-electron chi connectivity index (χ2n) is 12.4. The molecule has 10 heteroatoms. The van der Waals surface area contributed by atoms with Gasteiger partial charge in [0.2, 0.25) is 21.8 Å². The molecule has 4 aromatic rings. The van der Waals surface area contributed by atoms with Crippen molar-refractivity contribution in [3.63, 3.8) is 0 Å². The highest BCUT2D eigenvalue weighted by Crippen LogP contribution is 2.24. The number of hydrogen-bond donors (Lipinski definition) is 1. The molecule has 0 spiro atoms. The summed E-state index contributed by atoms with van der Waals surface area (Å²) in [4.78, 5) is 29.7. The van der Waals surface area contributed by atoms with Gasteiger partial charge < -0.3 is 19.7 Å². The molecule has 248 valence electrons. The van der Waals surface area contributed by atoms with Crippen molar-refractivity contribution in [1.29, 1.82) is 0 Å². The molecule has 47 heavy (non-hydrogen) atoms. The molecular weight excluding hydrogens is 614 g/mol. The van der Waals surface area contributed by atoms with Crippen LogP contribution in [0.2, 0.25) is 0 Å². The van der Waals surface area contributed by atoms with Crippen molar-refractivity contribution in [3.05, 3.63) is 126 Å². The summed E-state index contributed by atoms with van der Waals surface area (Å²) in [5.74, 6) is 0.274. The first-order chi connectivity index (χ1) is 22.3. The number of carbonyl (C=O) groups excluding carboxylic acids is 2. The SMILES string of the molecule is COc1cccc(CN(C(=O)CN(c2ccc(OCc3ccccc3)cc2)S(C)(=O)=O)[C@@H](Cc2ccccc2)C(=O)NC(C)(C)C)c1. The Morgan fingerprint density at radius 2 is 1.38 bits per heavy atom. The van der Waals surface area contributed by atoms with Gasteiger partial charge in [0.1, 0.15) is 30.7 Å². The van der Waals surface area contributed by atoms with E-state index in [0.717, 1.165) is 27.3 Å². The summed E-state index contributed by atoms with van der Waals surface area (Å²) in [5, 5.41) is 3.03. The lowest BCUT2D eigenvalue weighted by atomic mass is 10.0. The lowest BCUT2D eigenvalue weighted by molar-refractivity contribution is -0.140. The van der Waals surface area contributed by atoms with Crippen molar-refractivity contribution < 1.29 is 27.5 Å². The average molecular weight is 658 g/mol. The monoisotopic (exact) mass is 657 g/mol. The lowest BCUT2D eigenvalue weighted by Gasteiger charge is -2.35. The van der Waals surface area contributed by atoms with Crippen molar-refractivity contribution in [2.24, 2.45) is 0 Å². The lowest BCUT2D eigenvalue weighted by Crippen LogP contribution is -2.56. The molecule has 0 aliphatic heterocycles. The third kappa shape index (κ3) is 10.6. The Kier molecular flexibility index (Phi) is 11.7. The number of benzene rings is 4. The van der Waals surface area contributed by atoms with Crippen LogP contribution >= 0.6 is 0 Å². The number of hydrogen-bond acceptors (Lipinski definition) is 6. The van der Waals surface area contributed by atoms with E-state index in [9.17, 15) is 18.0 Å². The van der Waals surface area contributed by atoms with Crippen LogP contribution in [-0.2, 0) is 39.2 Å². The molecule has 0 unspecified atom stereocenters. The summed E-state index contributed by atoms with van der Waals surface area (Å²) in [6.45, 7) is 5.51. The van der Waals surface area contributed by atoms with Gasteiger partial charge in [-0.1, -0.05) is 72.8 Å². The van der Waals surface area contributed by atoms with E-state index in [4.69, 9.17) is 9.47 Å². The molecule has 9 nitrogen and oxygen atoms in total. The van der Waals surface area contributed by atoms with Gasteiger partial charge in [0.05, 0.1) is 19.1 Å². The van der Waals surface area contributed by atoms with E-state index in [2.05, 4.69) is 5.32 Å². The van der Waals surface area contributed by atoms with Crippen LogP contribution in [0, 0.1) is 0 Å². The zero-order valence-electron chi connectivity index (χ0n) is 27.6. The fourth-order valence-electron chi connectivity index (χ4n) is 5.04. The number of carbonyl (C=O) groups is 2. The molecule has 0 fully saturated rings. The molecular formula is C37H43N3O6S. The number of amides is 2. The Bertz CT molecular complexity index is 1720. The average Bonchev–Trinajstić information content (AvgIpc) is 3.04. The van der Waals surface area contributed by atoms with Gasteiger partial charge in [0.15, 0.2) is 0 Å². The normalized spacial score (nSPS) is 12.1. The minimum Gasteiger partial charge on any atom is -0.497 e. The van der Waals surface area contributed by atoms with E-state index >= 15 is 0 Å². The highest BCUT2D eigenvalue weighted by atomic mass is 32.2. The molecule has 0 aromatic heterocycles. The molecule has 4 aromatic carbocycles. The molecule has 0 saturated heterocycles. The van der Waals surface area contributed by atoms with Gasteiger partial charge in [-0.25, -0.2) is 8.42 Å². The summed E-state index contributed by atoms with van der Waals surface area (Å²) in [6.07, 6.45) is 1.28. The predicted octanol–water partition coefficient (Wildman–Crippen LogP) is 5.60. The molecule has 0 aliphatic rings. The van der Waals surface area contributed by atoms with Gasteiger partial charge in [-0.15, -0.1) is 0 Å². The quantitative estimate of drug-likeness (QED) is 0.190. The smallest absolute Gasteiger partial charge is 0.244 e.